The number of aryl methyl sites for hydroxylation is 1. The van der Waals surface area contributed by atoms with Gasteiger partial charge in [0.15, 0.2) is 5.65 Å². The maximum Gasteiger partial charge on any atom is 0.151 e. The number of benzene rings is 1. The van der Waals surface area contributed by atoms with E-state index >= 15 is 0 Å². The van der Waals surface area contributed by atoms with E-state index in [1.807, 2.05) is 24.7 Å². The second kappa shape index (κ2) is 3.35. The molecule has 0 saturated heterocycles. The quantitative estimate of drug-likeness (QED) is 0.697. The lowest BCUT2D eigenvalue weighted by atomic mass is 10.1. The molecule has 0 aliphatic carbocycles. The van der Waals surface area contributed by atoms with Gasteiger partial charge in [0.25, 0.3) is 0 Å². The Kier molecular flexibility index (Phi) is 1.97. The molecule has 0 amide bonds. The van der Waals surface area contributed by atoms with Crippen LogP contribution in [0.2, 0.25) is 0 Å². The molecule has 1 N–H and O–H groups in total. The van der Waals surface area contributed by atoms with Crippen LogP contribution in [0.1, 0.15) is 0 Å². The Morgan fingerprint density at radius 1 is 1.25 bits per heavy atom. The Morgan fingerprint density at radius 3 is 2.69 bits per heavy atom. The Bertz CT molecular complexity index is 637. The number of aromatic nitrogens is 2. The highest BCUT2D eigenvalue weighted by atomic mass is 32.1. The average Bonchev–Trinajstić information content (AvgIpc) is 2.84. The molecular formula is C12H10N2OS. The van der Waals surface area contributed by atoms with Gasteiger partial charge in [-0.3, -0.25) is 0 Å². The summed E-state index contributed by atoms with van der Waals surface area (Å²) in [6.07, 6.45) is 0. The second-order valence-corrected chi connectivity index (χ2v) is 4.56. The Hall–Kier alpha value is -1.81. The van der Waals surface area contributed by atoms with E-state index in [0.29, 0.717) is 0 Å². The maximum atomic E-state index is 9.26. The smallest absolute Gasteiger partial charge is 0.151 e. The molecule has 2 heterocycles. The fourth-order valence-electron chi connectivity index (χ4n) is 1.84. The summed E-state index contributed by atoms with van der Waals surface area (Å²) >= 11 is 1.64. The van der Waals surface area contributed by atoms with Crippen molar-refractivity contribution in [2.45, 2.75) is 0 Å². The molecule has 3 aromatic rings. The van der Waals surface area contributed by atoms with E-state index in [2.05, 4.69) is 15.6 Å². The van der Waals surface area contributed by atoms with Crippen molar-refractivity contribution < 1.29 is 5.11 Å². The van der Waals surface area contributed by atoms with Crippen LogP contribution in [0, 0.1) is 0 Å². The number of rotatable bonds is 1. The number of phenols is 1. The molecule has 0 unspecified atom stereocenters. The predicted octanol–water partition coefficient (Wildman–Crippen LogP) is 3.01. The zero-order chi connectivity index (χ0) is 11.1. The van der Waals surface area contributed by atoms with Crippen LogP contribution >= 0.6 is 11.3 Å². The highest BCUT2D eigenvalue weighted by Gasteiger charge is 2.09. The van der Waals surface area contributed by atoms with Gasteiger partial charge in [0.2, 0.25) is 0 Å². The van der Waals surface area contributed by atoms with Crippen LogP contribution in [-0.2, 0) is 7.05 Å². The van der Waals surface area contributed by atoms with E-state index in [4.69, 9.17) is 0 Å². The summed E-state index contributed by atoms with van der Waals surface area (Å²) in [5, 5.41) is 9.26. The Morgan fingerprint density at radius 2 is 2.00 bits per heavy atom. The van der Waals surface area contributed by atoms with E-state index in [9.17, 15) is 5.11 Å². The van der Waals surface area contributed by atoms with Gasteiger partial charge in [-0.15, -0.1) is 11.3 Å². The van der Waals surface area contributed by atoms with Crippen molar-refractivity contribution in [1.82, 2.24) is 9.55 Å². The molecule has 0 spiro atoms. The molecule has 4 heteroatoms. The summed E-state index contributed by atoms with van der Waals surface area (Å²) < 4.78 is 3.25. The van der Waals surface area contributed by atoms with Crippen LogP contribution in [0.15, 0.2) is 35.8 Å². The number of nitrogens with zero attached hydrogens (tertiary/aromatic N) is 2. The maximum absolute atomic E-state index is 9.26. The van der Waals surface area contributed by atoms with Crippen molar-refractivity contribution in [1.29, 1.82) is 0 Å². The first kappa shape index (κ1) is 9.42. The van der Waals surface area contributed by atoms with Gasteiger partial charge in [-0.2, -0.15) is 0 Å². The molecule has 0 aliphatic heterocycles. The lowest BCUT2D eigenvalue weighted by Crippen LogP contribution is -1.91. The Balaban J connectivity index is 2.21. The second-order valence-electron chi connectivity index (χ2n) is 3.68. The normalized spacial score (nSPS) is 11.1. The highest BCUT2D eigenvalue weighted by molar-refractivity contribution is 7.16. The van der Waals surface area contributed by atoms with Crippen molar-refractivity contribution in [2.75, 3.05) is 0 Å². The minimum absolute atomic E-state index is 0.290. The van der Waals surface area contributed by atoms with Crippen molar-refractivity contribution in [2.24, 2.45) is 7.05 Å². The largest absolute Gasteiger partial charge is 0.508 e. The summed E-state index contributed by atoms with van der Waals surface area (Å²) in [7, 11) is 2.00. The van der Waals surface area contributed by atoms with Gasteiger partial charge >= 0.3 is 0 Å². The average molecular weight is 230 g/mol. The minimum atomic E-state index is 0.290. The monoisotopic (exact) mass is 230 g/mol. The highest BCUT2D eigenvalue weighted by Crippen LogP contribution is 2.29. The number of hydrogen-bond acceptors (Lipinski definition) is 3. The fraction of sp³-hybridized carbons (Fsp3) is 0.0833. The molecule has 1 aromatic carbocycles. The van der Waals surface area contributed by atoms with E-state index in [1.54, 1.807) is 23.5 Å². The number of hydrogen-bond donors (Lipinski definition) is 1. The molecule has 2 aromatic heterocycles. The molecule has 3 nitrogen and oxygen atoms in total. The van der Waals surface area contributed by atoms with E-state index in [0.717, 1.165) is 16.9 Å². The SMILES string of the molecule is Cn1c(-c2ccc(O)cc2)cc2scnc21. The standard InChI is InChI=1S/C12H10N2OS/c1-14-10(6-11-12(14)13-7-16-11)8-2-4-9(15)5-3-8/h2-7,15H,1H3. The number of aromatic hydroxyl groups is 1. The minimum Gasteiger partial charge on any atom is -0.508 e. The summed E-state index contributed by atoms with van der Waals surface area (Å²) in [5.74, 6) is 0.290. The van der Waals surface area contributed by atoms with Gasteiger partial charge in [0.1, 0.15) is 5.75 Å². The summed E-state index contributed by atoms with van der Waals surface area (Å²) in [5.41, 5.74) is 5.07. The molecule has 0 saturated carbocycles. The number of fused-ring (bicyclic) bond motifs is 1. The fourth-order valence-corrected chi connectivity index (χ4v) is 2.58. The van der Waals surface area contributed by atoms with Crippen molar-refractivity contribution in [3.8, 4) is 17.0 Å². The van der Waals surface area contributed by atoms with Crippen LogP contribution in [-0.4, -0.2) is 14.7 Å². The van der Waals surface area contributed by atoms with Crippen LogP contribution in [0.25, 0.3) is 21.6 Å². The third kappa shape index (κ3) is 1.31. The number of thiazole rings is 1. The molecule has 80 valence electrons. The van der Waals surface area contributed by atoms with Crippen LogP contribution < -0.4 is 0 Å². The first-order valence-corrected chi connectivity index (χ1v) is 5.82. The van der Waals surface area contributed by atoms with Crippen LogP contribution in [0.4, 0.5) is 0 Å². The number of phenolic OH excluding ortho intramolecular Hbond substituents is 1. The molecule has 3 rings (SSSR count). The molecule has 0 bridgehead atoms. The van der Waals surface area contributed by atoms with Gasteiger partial charge in [0, 0.05) is 7.05 Å². The molecule has 0 fully saturated rings. The molecular weight excluding hydrogens is 220 g/mol. The van der Waals surface area contributed by atoms with Gasteiger partial charge in [-0.25, -0.2) is 4.98 Å². The van der Waals surface area contributed by atoms with Crippen molar-refractivity contribution >= 4 is 21.7 Å². The van der Waals surface area contributed by atoms with Gasteiger partial charge in [-0.05, 0) is 35.9 Å². The lowest BCUT2D eigenvalue weighted by molar-refractivity contribution is 0.475. The zero-order valence-electron chi connectivity index (χ0n) is 8.71. The lowest BCUT2D eigenvalue weighted by Gasteiger charge is -2.03. The summed E-state index contributed by atoms with van der Waals surface area (Å²) in [6.45, 7) is 0. The van der Waals surface area contributed by atoms with Crippen molar-refractivity contribution in [3.05, 3.63) is 35.8 Å². The predicted molar refractivity (Wildman–Crippen MR) is 65.7 cm³/mol. The molecule has 16 heavy (non-hydrogen) atoms. The summed E-state index contributed by atoms with van der Waals surface area (Å²) in [6, 6.07) is 9.34. The topological polar surface area (TPSA) is 38.0 Å². The Labute approximate surface area is 96.6 Å². The molecule has 0 radical (unpaired) electrons. The first-order chi connectivity index (χ1) is 7.75. The van der Waals surface area contributed by atoms with E-state index < -0.39 is 0 Å². The zero-order valence-corrected chi connectivity index (χ0v) is 9.53. The van der Waals surface area contributed by atoms with E-state index in [-0.39, 0.29) is 5.75 Å². The van der Waals surface area contributed by atoms with Gasteiger partial charge in [0.05, 0.1) is 15.9 Å². The molecule has 0 aliphatic rings. The van der Waals surface area contributed by atoms with Gasteiger partial charge in [-0.1, -0.05) is 0 Å². The first-order valence-electron chi connectivity index (χ1n) is 4.94. The van der Waals surface area contributed by atoms with E-state index in [1.165, 1.54) is 4.70 Å². The van der Waals surface area contributed by atoms with Crippen LogP contribution in [0.3, 0.4) is 0 Å². The summed E-state index contributed by atoms with van der Waals surface area (Å²) in [4.78, 5) is 4.31. The molecule has 0 atom stereocenters. The van der Waals surface area contributed by atoms with Crippen LogP contribution in [0.5, 0.6) is 5.75 Å². The van der Waals surface area contributed by atoms with Gasteiger partial charge < -0.3 is 9.67 Å². The third-order valence-electron chi connectivity index (χ3n) is 2.68. The third-order valence-corrected chi connectivity index (χ3v) is 3.45. The van der Waals surface area contributed by atoms with Crippen molar-refractivity contribution in [3.63, 3.8) is 0 Å².